The first kappa shape index (κ1) is 15.3. The Kier molecular flexibility index (Phi) is 5.06. The second-order valence-corrected chi connectivity index (χ2v) is 6.12. The fourth-order valence-electron chi connectivity index (χ4n) is 2.76. The Morgan fingerprint density at radius 1 is 1.15 bits per heavy atom. The molecule has 2 nitrogen and oxygen atoms in total. The van der Waals surface area contributed by atoms with Crippen LogP contribution in [0.1, 0.15) is 47.4 Å². The molecule has 1 aromatic heterocycles. The van der Waals surface area contributed by atoms with Crippen molar-refractivity contribution >= 4 is 15.9 Å². The first-order valence-corrected chi connectivity index (χ1v) is 7.88. The average Bonchev–Trinajstić information content (AvgIpc) is 2.78. The van der Waals surface area contributed by atoms with Gasteiger partial charge in [0.15, 0.2) is 4.67 Å². The largest absolute Gasteiger partial charge is 0.452 e. The van der Waals surface area contributed by atoms with E-state index >= 15 is 0 Å². The minimum Gasteiger partial charge on any atom is -0.452 e. The maximum absolute atomic E-state index is 5.79. The van der Waals surface area contributed by atoms with Crippen LogP contribution in [0.15, 0.2) is 33.4 Å². The highest BCUT2D eigenvalue weighted by atomic mass is 79.9. The lowest BCUT2D eigenvalue weighted by molar-refractivity contribution is 0.431. The SMILES string of the molecule is CCCNC(c1ccc(Br)o1)c1c(C)cc(C)cc1C. The summed E-state index contributed by atoms with van der Waals surface area (Å²) in [6.45, 7) is 9.64. The van der Waals surface area contributed by atoms with Crippen molar-refractivity contribution in [1.82, 2.24) is 5.32 Å². The molecule has 0 aliphatic rings. The number of benzene rings is 1. The molecule has 108 valence electrons. The van der Waals surface area contributed by atoms with E-state index in [9.17, 15) is 0 Å². The fraction of sp³-hybridized carbons (Fsp3) is 0.412. The number of halogens is 1. The summed E-state index contributed by atoms with van der Waals surface area (Å²) >= 11 is 3.40. The second kappa shape index (κ2) is 6.59. The molecule has 0 aliphatic carbocycles. The van der Waals surface area contributed by atoms with Crippen LogP contribution in [-0.2, 0) is 0 Å². The minimum atomic E-state index is 0.113. The monoisotopic (exact) mass is 335 g/mol. The van der Waals surface area contributed by atoms with Gasteiger partial charge in [0.2, 0.25) is 0 Å². The van der Waals surface area contributed by atoms with Crippen molar-refractivity contribution in [2.45, 2.75) is 40.2 Å². The third kappa shape index (κ3) is 3.33. The molecule has 0 aliphatic heterocycles. The maximum Gasteiger partial charge on any atom is 0.169 e. The van der Waals surface area contributed by atoms with Gasteiger partial charge in [-0.15, -0.1) is 0 Å². The van der Waals surface area contributed by atoms with Crippen LogP contribution < -0.4 is 5.32 Å². The molecular formula is C17H22BrNO. The first-order valence-electron chi connectivity index (χ1n) is 7.09. The summed E-state index contributed by atoms with van der Waals surface area (Å²) in [7, 11) is 0. The van der Waals surface area contributed by atoms with Crippen LogP contribution >= 0.6 is 15.9 Å². The molecule has 2 rings (SSSR count). The van der Waals surface area contributed by atoms with Crippen LogP contribution in [0.3, 0.4) is 0 Å². The highest BCUT2D eigenvalue weighted by Gasteiger charge is 2.21. The Morgan fingerprint density at radius 2 is 1.80 bits per heavy atom. The zero-order chi connectivity index (χ0) is 14.7. The molecule has 0 bridgehead atoms. The molecular weight excluding hydrogens is 314 g/mol. The van der Waals surface area contributed by atoms with E-state index in [4.69, 9.17) is 4.42 Å². The third-order valence-electron chi connectivity index (χ3n) is 3.50. The quantitative estimate of drug-likeness (QED) is 0.826. The molecule has 1 heterocycles. The summed E-state index contributed by atoms with van der Waals surface area (Å²) in [6, 6.07) is 8.58. The number of nitrogens with one attached hydrogen (secondary N) is 1. The molecule has 2 aromatic rings. The number of hydrogen-bond acceptors (Lipinski definition) is 2. The second-order valence-electron chi connectivity index (χ2n) is 5.34. The average molecular weight is 336 g/mol. The molecule has 1 N–H and O–H groups in total. The lowest BCUT2D eigenvalue weighted by Crippen LogP contribution is -2.24. The molecule has 20 heavy (non-hydrogen) atoms. The van der Waals surface area contributed by atoms with Gasteiger partial charge in [0.05, 0.1) is 6.04 Å². The predicted molar refractivity (Wildman–Crippen MR) is 87.2 cm³/mol. The number of rotatable bonds is 5. The summed E-state index contributed by atoms with van der Waals surface area (Å²) in [5.74, 6) is 0.959. The Balaban J connectivity index is 2.46. The van der Waals surface area contributed by atoms with Crippen LogP contribution in [-0.4, -0.2) is 6.54 Å². The van der Waals surface area contributed by atoms with E-state index < -0.39 is 0 Å². The Morgan fingerprint density at radius 3 is 2.30 bits per heavy atom. The lowest BCUT2D eigenvalue weighted by atomic mass is 9.92. The maximum atomic E-state index is 5.79. The van der Waals surface area contributed by atoms with E-state index in [0.29, 0.717) is 0 Å². The van der Waals surface area contributed by atoms with Gasteiger partial charge in [0.1, 0.15) is 5.76 Å². The van der Waals surface area contributed by atoms with Gasteiger partial charge in [0, 0.05) is 0 Å². The molecule has 0 radical (unpaired) electrons. The minimum absolute atomic E-state index is 0.113. The van der Waals surface area contributed by atoms with Gasteiger partial charge >= 0.3 is 0 Å². The van der Waals surface area contributed by atoms with E-state index in [2.05, 4.69) is 61.1 Å². The Bertz CT molecular complexity index is 565. The van der Waals surface area contributed by atoms with Crippen molar-refractivity contribution in [3.8, 4) is 0 Å². The van der Waals surface area contributed by atoms with Gasteiger partial charge < -0.3 is 9.73 Å². The molecule has 0 amide bonds. The molecule has 0 fully saturated rings. The smallest absolute Gasteiger partial charge is 0.169 e. The molecule has 0 spiro atoms. The standard InChI is InChI=1S/C17H22BrNO/c1-5-8-19-17(14-6-7-15(18)20-14)16-12(3)9-11(2)10-13(16)4/h6-7,9-10,17,19H,5,8H2,1-4H3. The van der Waals surface area contributed by atoms with Crippen molar-refractivity contribution in [1.29, 1.82) is 0 Å². The highest BCUT2D eigenvalue weighted by molar-refractivity contribution is 9.10. The van der Waals surface area contributed by atoms with Crippen LogP contribution in [0.2, 0.25) is 0 Å². The first-order chi connectivity index (χ1) is 9.52. The van der Waals surface area contributed by atoms with Crippen LogP contribution in [0.4, 0.5) is 0 Å². The number of aryl methyl sites for hydroxylation is 3. The third-order valence-corrected chi connectivity index (χ3v) is 3.93. The molecule has 3 heteroatoms. The fourth-order valence-corrected chi connectivity index (χ4v) is 3.08. The van der Waals surface area contributed by atoms with E-state index in [1.807, 2.05) is 12.1 Å². The molecule has 1 atom stereocenters. The summed E-state index contributed by atoms with van der Waals surface area (Å²) in [6.07, 6.45) is 1.10. The van der Waals surface area contributed by atoms with E-state index in [0.717, 1.165) is 23.4 Å². The van der Waals surface area contributed by atoms with Crippen LogP contribution in [0.25, 0.3) is 0 Å². The van der Waals surface area contributed by atoms with Crippen molar-refractivity contribution in [2.24, 2.45) is 0 Å². The Hall–Kier alpha value is -1.06. The zero-order valence-electron chi connectivity index (χ0n) is 12.6. The van der Waals surface area contributed by atoms with Crippen molar-refractivity contribution in [3.05, 3.63) is 56.9 Å². The van der Waals surface area contributed by atoms with Crippen molar-refractivity contribution in [3.63, 3.8) is 0 Å². The number of hydrogen-bond donors (Lipinski definition) is 1. The van der Waals surface area contributed by atoms with Crippen molar-refractivity contribution < 1.29 is 4.42 Å². The van der Waals surface area contributed by atoms with E-state index in [-0.39, 0.29) is 6.04 Å². The van der Waals surface area contributed by atoms with Gasteiger partial charge in [-0.1, -0.05) is 24.6 Å². The molecule has 1 aromatic carbocycles. The van der Waals surface area contributed by atoms with Gasteiger partial charge in [-0.25, -0.2) is 0 Å². The van der Waals surface area contributed by atoms with Gasteiger partial charge in [-0.3, -0.25) is 0 Å². The molecule has 0 saturated carbocycles. The predicted octanol–water partition coefficient (Wildman–Crippen LogP) is 5.06. The number of furan rings is 1. The van der Waals surface area contributed by atoms with Crippen LogP contribution in [0.5, 0.6) is 0 Å². The molecule has 1 unspecified atom stereocenters. The van der Waals surface area contributed by atoms with E-state index in [1.165, 1.54) is 22.3 Å². The van der Waals surface area contributed by atoms with Crippen molar-refractivity contribution in [2.75, 3.05) is 6.54 Å². The molecule has 0 saturated heterocycles. The normalized spacial score (nSPS) is 12.7. The zero-order valence-corrected chi connectivity index (χ0v) is 14.2. The Labute approximate surface area is 129 Å². The lowest BCUT2D eigenvalue weighted by Gasteiger charge is -2.22. The van der Waals surface area contributed by atoms with Gasteiger partial charge in [-0.2, -0.15) is 0 Å². The van der Waals surface area contributed by atoms with Gasteiger partial charge in [-0.05, 0) is 78.5 Å². The summed E-state index contributed by atoms with van der Waals surface area (Å²) in [4.78, 5) is 0. The summed E-state index contributed by atoms with van der Waals surface area (Å²) < 4.78 is 6.57. The summed E-state index contributed by atoms with van der Waals surface area (Å²) in [5, 5.41) is 3.60. The summed E-state index contributed by atoms with van der Waals surface area (Å²) in [5.41, 5.74) is 5.25. The highest BCUT2D eigenvalue weighted by Crippen LogP contribution is 2.31. The topological polar surface area (TPSA) is 25.2 Å². The van der Waals surface area contributed by atoms with E-state index in [1.54, 1.807) is 0 Å². The van der Waals surface area contributed by atoms with Gasteiger partial charge in [0.25, 0.3) is 0 Å². The van der Waals surface area contributed by atoms with Crippen LogP contribution in [0, 0.1) is 20.8 Å².